The van der Waals surface area contributed by atoms with Gasteiger partial charge in [-0.1, -0.05) is 64.1 Å². The molecule has 0 unspecified atom stereocenters. The minimum Gasteiger partial charge on any atom is -1.00 e. The zero-order chi connectivity index (χ0) is 28.6. The van der Waals surface area contributed by atoms with Gasteiger partial charge in [-0.3, -0.25) is 9.98 Å². The summed E-state index contributed by atoms with van der Waals surface area (Å²) in [6.07, 6.45) is 13.3. The molecule has 2 aromatic rings. The molecule has 43 heavy (non-hydrogen) atoms. The molecule has 0 atom stereocenters. The SMILES string of the molecule is CCc1cc(CC)cc(C2=CC(C)=C3N=C(C)C=C23)c1.CCc1cc(CC)cc(C2=CC(C)=C3N=C(C)C=C23)c1.[Cl-].[Cl-].[Zr+2]. The molecule has 0 aromatic heterocycles. The summed E-state index contributed by atoms with van der Waals surface area (Å²) in [5.41, 5.74) is 20.7. The summed E-state index contributed by atoms with van der Waals surface area (Å²) >= 11 is 0. The maximum atomic E-state index is 4.64. The van der Waals surface area contributed by atoms with E-state index < -0.39 is 0 Å². The molecule has 0 saturated heterocycles. The fourth-order valence-electron chi connectivity index (χ4n) is 5.96. The van der Waals surface area contributed by atoms with E-state index in [0.29, 0.717) is 0 Å². The van der Waals surface area contributed by atoms with Gasteiger partial charge < -0.3 is 24.8 Å². The van der Waals surface area contributed by atoms with Crippen molar-refractivity contribution >= 4 is 22.6 Å². The minimum absolute atomic E-state index is 0. The Labute approximate surface area is 290 Å². The maximum absolute atomic E-state index is 4.64. The van der Waals surface area contributed by atoms with Crippen LogP contribution in [0.1, 0.15) is 88.8 Å². The van der Waals surface area contributed by atoms with Crippen LogP contribution in [0, 0.1) is 0 Å². The number of aryl methyl sites for hydroxylation is 4. The molecule has 0 N–H and O–H groups in total. The molecule has 5 heteroatoms. The van der Waals surface area contributed by atoms with Gasteiger partial charge in [0.05, 0.1) is 11.4 Å². The molecule has 0 spiro atoms. The first-order chi connectivity index (χ1) is 19.2. The smallest absolute Gasteiger partial charge is 1.00 e. The van der Waals surface area contributed by atoms with Gasteiger partial charge in [-0.15, -0.1) is 0 Å². The van der Waals surface area contributed by atoms with Gasteiger partial charge in [0.25, 0.3) is 0 Å². The van der Waals surface area contributed by atoms with Crippen LogP contribution >= 0.6 is 0 Å². The van der Waals surface area contributed by atoms with E-state index in [0.717, 1.165) is 48.5 Å². The molecule has 0 bridgehead atoms. The number of hydrogen-bond donors (Lipinski definition) is 0. The second-order valence-electron chi connectivity index (χ2n) is 11.3. The quantitative estimate of drug-likeness (QED) is 0.442. The summed E-state index contributed by atoms with van der Waals surface area (Å²) in [5.74, 6) is 0. The molecule has 2 aliphatic carbocycles. The van der Waals surface area contributed by atoms with Crippen molar-refractivity contribution < 1.29 is 51.0 Å². The van der Waals surface area contributed by atoms with E-state index in [4.69, 9.17) is 0 Å². The predicted octanol–water partition coefficient (Wildman–Crippen LogP) is 3.77. The first kappa shape index (κ1) is 36.9. The van der Waals surface area contributed by atoms with Crippen LogP contribution < -0.4 is 24.8 Å². The number of halogens is 2. The summed E-state index contributed by atoms with van der Waals surface area (Å²) in [5, 5.41) is 0. The Morgan fingerprint density at radius 3 is 1.02 bits per heavy atom. The van der Waals surface area contributed by atoms with Gasteiger partial charge in [-0.2, -0.15) is 0 Å². The molecule has 0 fully saturated rings. The third-order valence-electron chi connectivity index (χ3n) is 8.20. The Morgan fingerprint density at radius 1 is 0.442 bits per heavy atom. The van der Waals surface area contributed by atoms with Crippen molar-refractivity contribution in [1.82, 2.24) is 0 Å². The van der Waals surface area contributed by atoms with Gasteiger partial charge in [0.15, 0.2) is 0 Å². The fourth-order valence-corrected chi connectivity index (χ4v) is 5.96. The van der Waals surface area contributed by atoms with Crippen LogP contribution in [0.5, 0.6) is 0 Å². The van der Waals surface area contributed by atoms with Crippen molar-refractivity contribution in [3.05, 3.63) is 128 Å². The van der Waals surface area contributed by atoms with Gasteiger partial charge in [0.2, 0.25) is 0 Å². The summed E-state index contributed by atoms with van der Waals surface area (Å²) < 4.78 is 0. The Bertz CT molecular complexity index is 1490. The van der Waals surface area contributed by atoms with Crippen LogP contribution in [0.2, 0.25) is 0 Å². The Hall–Kier alpha value is -2.32. The molecule has 0 amide bonds. The van der Waals surface area contributed by atoms with Crippen molar-refractivity contribution in [3.8, 4) is 0 Å². The third-order valence-corrected chi connectivity index (χ3v) is 8.20. The van der Waals surface area contributed by atoms with E-state index in [1.165, 1.54) is 66.8 Å². The van der Waals surface area contributed by atoms with Crippen LogP contribution in [-0.4, -0.2) is 11.4 Å². The van der Waals surface area contributed by atoms with Gasteiger partial charge in [0.1, 0.15) is 0 Å². The van der Waals surface area contributed by atoms with Crippen molar-refractivity contribution in [2.24, 2.45) is 9.98 Å². The Kier molecular flexibility index (Phi) is 13.4. The molecule has 2 nitrogen and oxygen atoms in total. The molecule has 222 valence electrons. The summed E-state index contributed by atoms with van der Waals surface area (Å²) in [6.45, 7) is 17.3. The molecule has 4 aliphatic rings. The van der Waals surface area contributed by atoms with E-state index in [-0.39, 0.29) is 51.0 Å². The second-order valence-corrected chi connectivity index (χ2v) is 11.3. The molecule has 0 radical (unpaired) electrons. The first-order valence-electron chi connectivity index (χ1n) is 14.9. The molecule has 6 rings (SSSR count). The van der Waals surface area contributed by atoms with Crippen molar-refractivity contribution in [3.63, 3.8) is 0 Å². The van der Waals surface area contributed by atoms with E-state index >= 15 is 0 Å². The summed E-state index contributed by atoms with van der Waals surface area (Å²) in [4.78, 5) is 9.29. The monoisotopic (exact) mass is 686 g/mol. The Morgan fingerprint density at radius 2 is 0.744 bits per heavy atom. The average molecular weight is 689 g/mol. The third kappa shape index (κ3) is 7.68. The maximum Gasteiger partial charge on any atom is 2.00 e. The fraction of sp³-hybridized carbons (Fsp3) is 0.316. The first-order valence-corrected chi connectivity index (χ1v) is 14.9. The van der Waals surface area contributed by atoms with Crippen molar-refractivity contribution in [2.45, 2.75) is 81.1 Å². The molecule has 2 heterocycles. The number of fused-ring (bicyclic) bond motifs is 2. The number of allylic oxidation sites excluding steroid dienone is 8. The summed E-state index contributed by atoms with van der Waals surface area (Å²) in [6, 6.07) is 14.0. The number of aliphatic imine (C=N–C) groups is 2. The molecular weight excluding hydrogens is 647 g/mol. The van der Waals surface area contributed by atoms with Crippen LogP contribution in [0.4, 0.5) is 0 Å². The standard InChI is InChI=1S/2C19H21N.2ClH.Zr/c2*1-5-14-9-15(6-2)11-16(10-14)17-7-12(3)19-18(17)8-13(4)20-19;;;/h2*7-11H,5-6H2,1-4H3;2*1H;/q;;;;+2/p-2. The van der Waals surface area contributed by atoms with Crippen LogP contribution in [0.3, 0.4) is 0 Å². The predicted molar refractivity (Wildman–Crippen MR) is 174 cm³/mol. The van der Waals surface area contributed by atoms with Crippen LogP contribution in [0.25, 0.3) is 11.1 Å². The molecule has 2 aliphatic heterocycles. The molecule has 0 saturated carbocycles. The van der Waals surface area contributed by atoms with Crippen molar-refractivity contribution in [2.75, 3.05) is 0 Å². The zero-order valence-electron chi connectivity index (χ0n) is 26.8. The van der Waals surface area contributed by atoms with Crippen LogP contribution in [0.15, 0.2) is 104 Å². The van der Waals surface area contributed by atoms with E-state index in [9.17, 15) is 0 Å². The van der Waals surface area contributed by atoms with Gasteiger partial charge in [-0.25, -0.2) is 0 Å². The van der Waals surface area contributed by atoms with Gasteiger partial charge >= 0.3 is 26.2 Å². The number of hydrogen-bond acceptors (Lipinski definition) is 2. The number of benzene rings is 2. The van der Waals surface area contributed by atoms with Crippen LogP contribution in [-0.2, 0) is 51.9 Å². The second kappa shape index (κ2) is 15.6. The van der Waals surface area contributed by atoms with Gasteiger partial charge in [0, 0.05) is 22.6 Å². The zero-order valence-corrected chi connectivity index (χ0v) is 30.7. The molecular formula is C38H42Cl2N2Zr. The van der Waals surface area contributed by atoms with E-state index in [1.807, 2.05) is 0 Å². The number of nitrogens with zero attached hydrogens (tertiary/aromatic N) is 2. The van der Waals surface area contributed by atoms with Gasteiger partial charge in [-0.05, 0) is 133 Å². The minimum atomic E-state index is 0. The summed E-state index contributed by atoms with van der Waals surface area (Å²) in [7, 11) is 0. The average Bonchev–Trinajstić information content (AvgIpc) is 3.70. The largest absolute Gasteiger partial charge is 2.00 e. The topological polar surface area (TPSA) is 24.7 Å². The Balaban J connectivity index is 0.000000281. The number of rotatable bonds is 6. The van der Waals surface area contributed by atoms with Crippen molar-refractivity contribution in [1.29, 1.82) is 0 Å². The van der Waals surface area contributed by atoms with E-state index in [2.05, 4.69) is 126 Å². The molecule has 2 aromatic carbocycles. The normalized spacial score (nSPS) is 15.9. The van der Waals surface area contributed by atoms with E-state index in [1.54, 1.807) is 0 Å².